The lowest BCUT2D eigenvalue weighted by molar-refractivity contribution is 0.0944. The number of ether oxygens (including phenoxy) is 1. The number of para-hydroxylation sites is 1. The molecule has 1 aliphatic rings. The zero-order valence-electron chi connectivity index (χ0n) is 26.1. The van der Waals surface area contributed by atoms with E-state index in [4.69, 9.17) is 16.3 Å². The topological polar surface area (TPSA) is 70.6 Å². The third kappa shape index (κ3) is 7.58. The smallest absolute Gasteiger partial charge is 0.253 e. The molecule has 230 valence electrons. The number of piperidine rings is 1. The van der Waals surface area contributed by atoms with E-state index in [2.05, 4.69) is 81.4 Å². The van der Waals surface area contributed by atoms with Crippen LogP contribution in [0.5, 0.6) is 5.75 Å². The standard InChI is InChI=1S/C36H42ClN5O2/c1-25-13-17-38-23-29(25)22-28-7-5-6-8-34(28)42(30-9-11-32(44-4)12-10-30)31-15-19-41(20-16-31)27(3)14-18-39-36(43)33-24-40-35(37)21-26(33)2/h5-13,17,21,23-24,27,31H,14-16,18-20,22H2,1-4H3,(H,39,43)/t27-/m1/s1. The lowest BCUT2D eigenvalue weighted by Crippen LogP contribution is -2.47. The normalized spacial score (nSPS) is 14.7. The van der Waals surface area contributed by atoms with Gasteiger partial charge in [-0.2, -0.15) is 0 Å². The van der Waals surface area contributed by atoms with Gasteiger partial charge in [-0.05, 0) is 105 Å². The van der Waals surface area contributed by atoms with Gasteiger partial charge in [0.15, 0.2) is 0 Å². The summed E-state index contributed by atoms with van der Waals surface area (Å²) in [6, 6.07) is 21.7. The largest absolute Gasteiger partial charge is 0.497 e. The highest BCUT2D eigenvalue weighted by molar-refractivity contribution is 6.29. The molecule has 0 radical (unpaired) electrons. The number of methoxy groups -OCH3 is 1. The van der Waals surface area contributed by atoms with E-state index in [1.165, 1.54) is 28.1 Å². The Morgan fingerprint density at radius 3 is 2.50 bits per heavy atom. The molecule has 1 fully saturated rings. The monoisotopic (exact) mass is 611 g/mol. The van der Waals surface area contributed by atoms with Crippen LogP contribution < -0.4 is 15.0 Å². The molecular formula is C36H42ClN5O2. The van der Waals surface area contributed by atoms with E-state index in [9.17, 15) is 4.79 Å². The van der Waals surface area contributed by atoms with Crippen LogP contribution >= 0.6 is 11.6 Å². The lowest BCUT2D eigenvalue weighted by Gasteiger charge is -2.42. The predicted octanol–water partition coefficient (Wildman–Crippen LogP) is 7.16. The van der Waals surface area contributed by atoms with Crippen LogP contribution in [0.1, 0.15) is 58.8 Å². The van der Waals surface area contributed by atoms with Crippen LogP contribution in [0, 0.1) is 13.8 Å². The third-order valence-corrected chi connectivity index (χ3v) is 8.99. The van der Waals surface area contributed by atoms with Crippen LogP contribution in [0.25, 0.3) is 0 Å². The zero-order chi connectivity index (χ0) is 31.1. The molecule has 0 aliphatic carbocycles. The molecule has 1 saturated heterocycles. The van der Waals surface area contributed by atoms with Gasteiger partial charge in [0.05, 0.1) is 12.7 Å². The van der Waals surface area contributed by atoms with Crippen LogP contribution in [0.3, 0.4) is 0 Å². The number of carbonyl (C=O) groups is 1. The molecule has 1 atom stereocenters. The molecule has 44 heavy (non-hydrogen) atoms. The molecule has 2 aromatic carbocycles. The minimum absolute atomic E-state index is 0.104. The molecule has 1 amide bonds. The number of aryl methyl sites for hydroxylation is 2. The number of hydrogen-bond acceptors (Lipinski definition) is 6. The number of rotatable bonds is 11. The average Bonchev–Trinajstić information content (AvgIpc) is 3.03. The number of pyridine rings is 2. The van der Waals surface area contributed by atoms with Crippen molar-refractivity contribution in [3.63, 3.8) is 0 Å². The number of hydrogen-bond donors (Lipinski definition) is 1. The van der Waals surface area contributed by atoms with Gasteiger partial charge in [-0.15, -0.1) is 0 Å². The first-order chi connectivity index (χ1) is 21.3. The van der Waals surface area contributed by atoms with Crippen molar-refractivity contribution in [2.45, 2.75) is 58.5 Å². The summed E-state index contributed by atoms with van der Waals surface area (Å²) in [6.45, 7) is 8.89. The average molecular weight is 612 g/mol. The summed E-state index contributed by atoms with van der Waals surface area (Å²) in [6.07, 6.45) is 9.18. The number of nitrogens with one attached hydrogen (secondary N) is 1. The summed E-state index contributed by atoms with van der Waals surface area (Å²) in [5.41, 5.74) is 7.59. The summed E-state index contributed by atoms with van der Waals surface area (Å²) >= 11 is 5.95. The second kappa shape index (κ2) is 14.7. The Morgan fingerprint density at radius 1 is 1.05 bits per heavy atom. The number of aromatic nitrogens is 2. The van der Waals surface area contributed by atoms with Crippen molar-refractivity contribution in [2.24, 2.45) is 0 Å². The Morgan fingerprint density at radius 2 is 1.80 bits per heavy atom. The van der Waals surface area contributed by atoms with Crippen molar-refractivity contribution in [1.82, 2.24) is 20.2 Å². The lowest BCUT2D eigenvalue weighted by atomic mass is 9.96. The van der Waals surface area contributed by atoms with Gasteiger partial charge in [0, 0.05) is 68.1 Å². The Labute approximate surface area is 266 Å². The van der Waals surface area contributed by atoms with E-state index < -0.39 is 0 Å². The zero-order valence-corrected chi connectivity index (χ0v) is 26.8. The van der Waals surface area contributed by atoms with Crippen LogP contribution in [-0.2, 0) is 6.42 Å². The van der Waals surface area contributed by atoms with Gasteiger partial charge in [-0.25, -0.2) is 4.98 Å². The van der Waals surface area contributed by atoms with E-state index in [0.717, 1.165) is 50.1 Å². The van der Waals surface area contributed by atoms with Gasteiger partial charge in [0.25, 0.3) is 5.91 Å². The molecule has 0 bridgehead atoms. The Bertz CT molecular complexity index is 1550. The van der Waals surface area contributed by atoms with Gasteiger partial charge in [0.1, 0.15) is 10.9 Å². The molecule has 2 aromatic heterocycles. The van der Waals surface area contributed by atoms with E-state index in [-0.39, 0.29) is 5.91 Å². The van der Waals surface area contributed by atoms with Gasteiger partial charge >= 0.3 is 0 Å². The summed E-state index contributed by atoms with van der Waals surface area (Å²) in [5, 5.41) is 3.46. The minimum atomic E-state index is -0.104. The maximum atomic E-state index is 12.7. The predicted molar refractivity (Wildman–Crippen MR) is 178 cm³/mol. The second-order valence-electron chi connectivity index (χ2n) is 11.7. The highest BCUT2D eigenvalue weighted by Crippen LogP contribution is 2.36. The highest BCUT2D eigenvalue weighted by atomic mass is 35.5. The molecule has 0 saturated carbocycles. The van der Waals surface area contributed by atoms with E-state index in [1.54, 1.807) is 19.4 Å². The van der Waals surface area contributed by atoms with Crippen molar-refractivity contribution in [3.05, 3.63) is 112 Å². The molecule has 7 nitrogen and oxygen atoms in total. The molecule has 1 N–H and O–H groups in total. The van der Waals surface area contributed by atoms with Gasteiger partial charge in [-0.1, -0.05) is 29.8 Å². The van der Waals surface area contributed by atoms with Crippen molar-refractivity contribution in [1.29, 1.82) is 0 Å². The van der Waals surface area contributed by atoms with Crippen molar-refractivity contribution in [2.75, 3.05) is 31.6 Å². The van der Waals surface area contributed by atoms with Gasteiger partial charge in [0.2, 0.25) is 0 Å². The van der Waals surface area contributed by atoms with Crippen molar-refractivity contribution in [3.8, 4) is 5.75 Å². The second-order valence-corrected chi connectivity index (χ2v) is 12.0. The van der Waals surface area contributed by atoms with Crippen LogP contribution in [-0.4, -0.2) is 59.6 Å². The Kier molecular flexibility index (Phi) is 10.5. The summed E-state index contributed by atoms with van der Waals surface area (Å²) in [4.78, 5) is 26.2. The Hall–Kier alpha value is -3.94. The Balaban J connectivity index is 1.27. The van der Waals surface area contributed by atoms with Crippen molar-refractivity contribution < 1.29 is 9.53 Å². The third-order valence-electron chi connectivity index (χ3n) is 8.79. The highest BCUT2D eigenvalue weighted by Gasteiger charge is 2.29. The molecule has 5 rings (SSSR count). The van der Waals surface area contributed by atoms with Crippen LogP contribution in [0.2, 0.25) is 5.15 Å². The maximum Gasteiger partial charge on any atom is 0.253 e. The fourth-order valence-corrected chi connectivity index (χ4v) is 6.30. The fourth-order valence-electron chi connectivity index (χ4n) is 6.09. The number of halogens is 1. The first-order valence-electron chi connectivity index (χ1n) is 15.4. The molecule has 4 aromatic rings. The molecular weight excluding hydrogens is 570 g/mol. The molecule has 8 heteroatoms. The van der Waals surface area contributed by atoms with Crippen molar-refractivity contribution >= 4 is 28.9 Å². The summed E-state index contributed by atoms with van der Waals surface area (Å²) in [7, 11) is 1.70. The molecule has 0 spiro atoms. The van der Waals surface area contributed by atoms with E-state index in [0.29, 0.717) is 29.3 Å². The quantitative estimate of drug-likeness (QED) is 0.182. The minimum Gasteiger partial charge on any atom is -0.497 e. The number of benzene rings is 2. The SMILES string of the molecule is COc1ccc(N(c2ccccc2Cc2cnccc2C)C2CCN([C@H](C)CCNC(=O)c3cnc(Cl)cc3C)CC2)cc1. The molecule has 3 heterocycles. The summed E-state index contributed by atoms with van der Waals surface area (Å²) in [5.74, 6) is 0.749. The van der Waals surface area contributed by atoms with E-state index >= 15 is 0 Å². The van der Waals surface area contributed by atoms with Gasteiger partial charge in [-0.3, -0.25) is 9.78 Å². The first kappa shape index (κ1) is 31.5. The maximum absolute atomic E-state index is 12.7. The first-order valence-corrected chi connectivity index (χ1v) is 15.8. The summed E-state index contributed by atoms with van der Waals surface area (Å²) < 4.78 is 5.47. The number of nitrogens with zero attached hydrogens (tertiary/aromatic N) is 4. The molecule has 1 aliphatic heterocycles. The van der Waals surface area contributed by atoms with Crippen LogP contribution in [0.4, 0.5) is 11.4 Å². The fraction of sp³-hybridized carbons (Fsp3) is 0.361. The number of anilines is 2. The van der Waals surface area contributed by atoms with Gasteiger partial charge < -0.3 is 19.9 Å². The number of carbonyl (C=O) groups excluding carboxylic acids is 1. The van der Waals surface area contributed by atoms with E-state index in [1.807, 2.05) is 31.5 Å². The number of amides is 1. The number of likely N-dealkylation sites (tertiary alicyclic amines) is 1. The van der Waals surface area contributed by atoms with Crippen LogP contribution in [0.15, 0.2) is 79.3 Å². The molecule has 0 unspecified atom stereocenters.